The lowest BCUT2D eigenvalue weighted by atomic mass is 10.1. The molecule has 2 N–H and O–H groups in total. The first-order valence-electron chi connectivity index (χ1n) is 11.0. The fraction of sp³-hybridized carbons (Fsp3) is 0.292. The van der Waals surface area contributed by atoms with Crippen LogP contribution in [-0.4, -0.2) is 40.6 Å². The van der Waals surface area contributed by atoms with Crippen LogP contribution in [0.3, 0.4) is 0 Å². The predicted molar refractivity (Wildman–Crippen MR) is 121 cm³/mol. The third-order valence-electron chi connectivity index (χ3n) is 5.14. The molecule has 0 unspecified atom stereocenters. The molecular formula is C24H22F4N4O4. The van der Waals surface area contributed by atoms with Crippen molar-refractivity contribution in [2.45, 2.75) is 32.7 Å². The van der Waals surface area contributed by atoms with Crippen LogP contribution < -0.4 is 20.1 Å². The Morgan fingerprint density at radius 2 is 1.94 bits per heavy atom. The van der Waals surface area contributed by atoms with Gasteiger partial charge in [-0.2, -0.15) is 0 Å². The standard InChI is InChI=1S/C24H22F4N4O4/c1-13(2)35-19-9-16(25)8-17(10-19)32-20(14-4-3-5-18(6-14)36-24(26,27)28)11-21(31-32)30-23(34)15-7-22(33)29-12-15/h3-6,8-11,13,15H,7,12H2,1-2H3,(H,29,33)(H,30,31,34)/t15-/m0/s1. The average molecular weight is 506 g/mol. The molecule has 0 radical (unpaired) electrons. The number of hydrogen-bond donors (Lipinski definition) is 2. The molecule has 0 aliphatic carbocycles. The highest BCUT2D eigenvalue weighted by Gasteiger charge is 2.31. The van der Waals surface area contributed by atoms with Gasteiger partial charge in [0, 0.05) is 36.7 Å². The van der Waals surface area contributed by atoms with E-state index >= 15 is 0 Å². The molecule has 36 heavy (non-hydrogen) atoms. The molecule has 2 aromatic carbocycles. The first-order valence-corrected chi connectivity index (χ1v) is 11.0. The molecule has 1 fully saturated rings. The maximum absolute atomic E-state index is 14.4. The van der Waals surface area contributed by atoms with Gasteiger partial charge in [0.25, 0.3) is 0 Å². The van der Waals surface area contributed by atoms with Crippen molar-refractivity contribution in [1.82, 2.24) is 15.1 Å². The van der Waals surface area contributed by atoms with E-state index in [1.54, 1.807) is 13.8 Å². The summed E-state index contributed by atoms with van der Waals surface area (Å²) < 4.78 is 63.6. The predicted octanol–water partition coefficient (Wildman–Crippen LogP) is 4.44. The van der Waals surface area contributed by atoms with E-state index in [1.807, 2.05) is 0 Å². The monoisotopic (exact) mass is 506 g/mol. The van der Waals surface area contributed by atoms with Crippen molar-refractivity contribution < 1.29 is 36.6 Å². The van der Waals surface area contributed by atoms with Crippen molar-refractivity contribution in [3.63, 3.8) is 0 Å². The molecule has 0 spiro atoms. The summed E-state index contributed by atoms with van der Waals surface area (Å²) in [6, 6.07) is 10.5. The number of nitrogens with one attached hydrogen (secondary N) is 2. The van der Waals surface area contributed by atoms with E-state index in [9.17, 15) is 27.2 Å². The van der Waals surface area contributed by atoms with Crippen LogP contribution in [-0.2, 0) is 9.59 Å². The second-order valence-corrected chi connectivity index (χ2v) is 8.41. The molecule has 2 heterocycles. The smallest absolute Gasteiger partial charge is 0.491 e. The fourth-order valence-electron chi connectivity index (χ4n) is 3.73. The van der Waals surface area contributed by atoms with Crippen LogP contribution in [0.2, 0.25) is 0 Å². The number of amides is 2. The third-order valence-corrected chi connectivity index (χ3v) is 5.14. The summed E-state index contributed by atoms with van der Waals surface area (Å²) in [6.45, 7) is 3.72. The third kappa shape index (κ3) is 6.12. The largest absolute Gasteiger partial charge is 0.573 e. The second-order valence-electron chi connectivity index (χ2n) is 8.41. The molecule has 190 valence electrons. The highest BCUT2D eigenvalue weighted by Crippen LogP contribution is 2.32. The Labute approximate surface area is 203 Å². The van der Waals surface area contributed by atoms with Crippen LogP contribution in [0.15, 0.2) is 48.5 Å². The number of hydrogen-bond acceptors (Lipinski definition) is 5. The highest BCUT2D eigenvalue weighted by atomic mass is 19.4. The van der Waals surface area contributed by atoms with Crippen LogP contribution in [0.5, 0.6) is 11.5 Å². The summed E-state index contributed by atoms with van der Waals surface area (Å²) in [4.78, 5) is 24.1. The van der Waals surface area contributed by atoms with E-state index < -0.39 is 29.8 Å². The summed E-state index contributed by atoms with van der Waals surface area (Å²) in [6.07, 6.45) is -5.11. The van der Waals surface area contributed by atoms with E-state index in [4.69, 9.17) is 4.74 Å². The summed E-state index contributed by atoms with van der Waals surface area (Å²) in [5.74, 6) is -2.11. The van der Waals surface area contributed by atoms with Crippen molar-refractivity contribution in [1.29, 1.82) is 0 Å². The van der Waals surface area contributed by atoms with Crippen LogP contribution in [0.4, 0.5) is 23.4 Å². The van der Waals surface area contributed by atoms with E-state index in [0.29, 0.717) is 0 Å². The molecule has 0 bridgehead atoms. The first-order chi connectivity index (χ1) is 17.0. The van der Waals surface area contributed by atoms with Gasteiger partial charge >= 0.3 is 6.36 Å². The number of nitrogens with zero attached hydrogens (tertiary/aromatic N) is 2. The summed E-state index contributed by atoms with van der Waals surface area (Å²) in [5.41, 5.74) is 0.721. The maximum Gasteiger partial charge on any atom is 0.573 e. The van der Waals surface area contributed by atoms with Crippen LogP contribution in [0.1, 0.15) is 20.3 Å². The summed E-state index contributed by atoms with van der Waals surface area (Å²) >= 11 is 0. The summed E-state index contributed by atoms with van der Waals surface area (Å²) in [5, 5.41) is 9.54. The van der Waals surface area contributed by atoms with Crippen molar-refractivity contribution in [3.8, 4) is 28.4 Å². The van der Waals surface area contributed by atoms with Crippen molar-refractivity contribution in [3.05, 3.63) is 54.3 Å². The zero-order valence-electron chi connectivity index (χ0n) is 19.2. The molecule has 8 nitrogen and oxygen atoms in total. The summed E-state index contributed by atoms with van der Waals surface area (Å²) in [7, 11) is 0. The number of carbonyl (C=O) groups excluding carboxylic acids is 2. The first kappa shape index (κ1) is 25.0. The number of alkyl halides is 3. The SMILES string of the molecule is CC(C)Oc1cc(F)cc(-n2nc(NC(=O)[C@@H]3CNC(=O)C3)cc2-c2cccc(OC(F)(F)F)c2)c1. The normalized spacial score (nSPS) is 15.6. The molecule has 4 rings (SSSR count). The Bertz CT molecular complexity index is 1290. The van der Waals surface area contributed by atoms with Crippen LogP contribution in [0, 0.1) is 11.7 Å². The van der Waals surface area contributed by atoms with Gasteiger partial charge in [0.1, 0.15) is 17.3 Å². The molecule has 1 atom stereocenters. The van der Waals surface area contributed by atoms with E-state index in [1.165, 1.54) is 41.1 Å². The minimum absolute atomic E-state index is 0.0238. The maximum atomic E-state index is 14.4. The van der Waals surface area contributed by atoms with Gasteiger partial charge in [-0.1, -0.05) is 12.1 Å². The van der Waals surface area contributed by atoms with Crippen molar-refractivity contribution in [2.75, 3.05) is 11.9 Å². The van der Waals surface area contributed by atoms with Gasteiger partial charge in [-0.25, -0.2) is 9.07 Å². The van der Waals surface area contributed by atoms with Crippen molar-refractivity contribution >= 4 is 17.6 Å². The van der Waals surface area contributed by atoms with Gasteiger partial charge in [-0.05, 0) is 32.0 Å². The topological polar surface area (TPSA) is 94.5 Å². The Morgan fingerprint density at radius 3 is 2.61 bits per heavy atom. The molecule has 2 amide bonds. The molecule has 1 aliphatic rings. The zero-order valence-corrected chi connectivity index (χ0v) is 19.2. The van der Waals surface area contributed by atoms with E-state index in [0.717, 1.165) is 12.1 Å². The lowest BCUT2D eigenvalue weighted by Gasteiger charge is -2.14. The quantitative estimate of drug-likeness (QED) is 0.462. The number of anilines is 1. The fourth-order valence-corrected chi connectivity index (χ4v) is 3.73. The molecule has 12 heteroatoms. The lowest BCUT2D eigenvalue weighted by Crippen LogP contribution is -2.24. The number of carbonyl (C=O) groups is 2. The minimum atomic E-state index is -4.89. The molecule has 1 saturated heterocycles. The lowest BCUT2D eigenvalue weighted by molar-refractivity contribution is -0.274. The number of rotatable bonds is 7. The van der Waals surface area contributed by atoms with Gasteiger partial charge in [0.2, 0.25) is 11.8 Å². The average Bonchev–Trinajstić information content (AvgIpc) is 3.38. The molecule has 1 aromatic heterocycles. The molecular weight excluding hydrogens is 484 g/mol. The highest BCUT2D eigenvalue weighted by molar-refractivity contribution is 5.97. The van der Waals surface area contributed by atoms with Gasteiger partial charge < -0.3 is 20.1 Å². The number of halogens is 4. The van der Waals surface area contributed by atoms with E-state index in [-0.39, 0.29) is 53.5 Å². The zero-order chi connectivity index (χ0) is 26.0. The molecule has 3 aromatic rings. The van der Waals surface area contributed by atoms with Crippen molar-refractivity contribution in [2.24, 2.45) is 5.92 Å². The van der Waals surface area contributed by atoms with Gasteiger partial charge in [0.15, 0.2) is 5.82 Å². The van der Waals surface area contributed by atoms with Gasteiger partial charge in [0.05, 0.1) is 23.4 Å². The molecule has 1 aliphatic heterocycles. The van der Waals surface area contributed by atoms with Crippen LogP contribution in [0.25, 0.3) is 16.9 Å². The Hall–Kier alpha value is -4.09. The Morgan fingerprint density at radius 1 is 1.17 bits per heavy atom. The van der Waals surface area contributed by atoms with Gasteiger partial charge in [-0.15, -0.1) is 18.3 Å². The van der Waals surface area contributed by atoms with Gasteiger partial charge in [-0.3, -0.25) is 9.59 Å². The minimum Gasteiger partial charge on any atom is -0.491 e. The second kappa shape index (κ2) is 9.88. The number of aromatic nitrogens is 2. The number of ether oxygens (including phenoxy) is 2. The Balaban J connectivity index is 1.76. The molecule has 0 saturated carbocycles. The Kier molecular flexibility index (Phi) is 6.86. The number of benzene rings is 2. The van der Waals surface area contributed by atoms with Crippen LogP contribution >= 0.6 is 0 Å². The van der Waals surface area contributed by atoms with E-state index in [2.05, 4.69) is 20.5 Å².